The largest absolute Gasteiger partial charge is 0.355 e. The minimum Gasteiger partial charge on any atom is -0.355 e. The number of benzene rings is 2. The first-order chi connectivity index (χ1) is 12.5. The van der Waals surface area contributed by atoms with Crippen LogP contribution in [0.4, 0.5) is 10.1 Å². The van der Waals surface area contributed by atoms with Gasteiger partial charge in [0, 0.05) is 23.9 Å². The van der Waals surface area contributed by atoms with Crippen molar-refractivity contribution in [2.75, 3.05) is 12.4 Å². The van der Waals surface area contributed by atoms with E-state index >= 15 is 0 Å². The molecule has 0 atom stereocenters. The fourth-order valence-corrected chi connectivity index (χ4v) is 3.33. The number of amides is 2. The molecule has 2 amide bonds. The summed E-state index contributed by atoms with van der Waals surface area (Å²) in [7, 11) is 1.56. The Morgan fingerprint density at radius 2 is 1.65 bits per heavy atom. The van der Waals surface area contributed by atoms with E-state index in [9.17, 15) is 14.0 Å². The van der Waals surface area contributed by atoms with Gasteiger partial charge < -0.3 is 10.6 Å². The summed E-state index contributed by atoms with van der Waals surface area (Å²) >= 11 is 1.25. The summed E-state index contributed by atoms with van der Waals surface area (Å²) in [5, 5.41) is 5.99. The number of nitrogens with one attached hydrogen (secondary N) is 2. The number of anilines is 1. The van der Waals surface area contributed by atoms with Crippen LogP contribution in [-0.4, -0.2) is 23.8 Å². The lowest BCUT2D eigenvalue weighted by Crippen LogP contribution is -2.17. The minimum atomic E-state index is -0.319. The molecular weight excluding hydrogens is 353 g/mol. The molecule has 0 spiro atoms. The number of carbonyl (C=O) groups excluding carboxylic acids is 2. The van der Waals surface area contributed by atoms with Gasteiger partial charge in [-0.1, -0.05) is 0 Å². The van der Waals surface area contributed by atoms with Crippen molar-refractivity contribution in [3.8, 4) is 10.6 Å². The number of hydrogen-bond donors (Lipinski definition) is 2. The summed E-state index contributed by atoms with van der Waals surface area (Å²) < 4.78 is 13.1. The smallest absolute Gasteiger partial charge is 0.267 e. The van der Waals surface area contributed by atoms with Crippen molar-refractivity contribution in [2.45, 2.75) is 6.92 Å². The molecule has 1 aromatic heterocycles. The number of aryl methyl sites for hydroxylation is 1. The van der Waals surface area contributed by atoms with E-state index in [0.29, 0.717) is 26.8 Å². The van der Waals surface area contributed by atoms with E-state index in [1.54, 1.807) is 50.4 Å². The van der Waals surface area contributed by atoms with Crippen LogP contribution in [0.15, 0.2) is 48.5 Å². The van der Waals surface area contributed by atoms with Gasteiger partial charge in [0.2, 0.25) is 0 Å². The van der Waals surface area contributed by atoms with E-state index in [0.717, 1.165) is 5.56 Å². The van der Waals surface area contributed by atoms with Gasteiger partial charge in [-0.2, -0.15) is 0 Å². The molecule has 7 heteroatoms. The Bertz CT molecular complexity index is 950. The summed E-state index contributed by atoms with van der Waals surface area (Å²) in [6, 6.07) is 12.6. The lowest BCUT2D eigenvalue weighted by Gasteiger charge is -2.05. The van der Waals surface area contributed by atoms with Gasteiger partial charge in [-0.15, -0.1) is 11.3 Å². The summed E-state index contributed by atoms with van der Waals surface area (Å²) in [5.74, 6) is -0.786. The normalized spacial score (nSPS) is 10.4. The van der Waals surface area contributed by atoms with Crippen LogP contribution in [-0.2, 0) is 0 Å². The van der Waals surface area contributed by atoms with E-state index in [-0.39, 0.29) is 17.6 Å². The maximum atomic E-state index is 13.1. The molecule has 0 unspecified atom stereocenters. The van der Waals surface area contributed by atoms with Crippen LogP contribution in [0.1, 0.15) is 25.7 Å². The Labute approximate surface area is 153 Å². The highest BCUT2D eigenvalue weighted by Gasteiger charge is 2.16. The molecule has 132 valence electrons. The van der Waals surface area contributed by atoms with Crippen LogP contribution in [0.3, 0.4) is 0 Å². The Kier molecular flexibility index (Phi) is 5.09. The van der Waals surface area contributed by atoms with Crippen molar-refractivity contribution < 1.29 is 14.0 Å². The van der Waals surface area contributed by atoms with Crippen molar-refractivity contribution >= 4 is 28.8 Å². The van der Waals surface area contributed by atoms with E-state index in [1.807, 2.05) is 0 Å². The topological polar surface area (TPSA) is 71.1 Å². The average molecular weight is 369 g/mol. The first-order valence-corrected chi connectivity index (χ1v) is 8.66. The van der Waals surface area contributed by atoms with Crippen LogP contribution in [0, 0.1) is 12.7 Å². The molecule has 0 aliphatic heterocycles. The van der Waals surface area contributed by atoms with E-state index in [1.165, 1.54) is 23.5 Å². The molecule has 3 aromatic rings. The molecule has 5 nitrogen and oxygen atoms in total. The van der Waals surface area contributed by atoms with Crippen molar-refractivity contribution in [2.24, 2.45) is 0 Å². The van der Waals surface area contributed by atoms with Gasteiger partial charge in [0.15, 0.2) is 0 Å². The summed E-state index contributed by atoms with van der Waals surface area (Å²) in [5.41, 5.74) is 2.46. The van der Waals surface area contributed by atoms with Crippen LogP contribution in [0.5, 0.6) is 0 Å². The molecule has 0 radical (unpaired) electrons. The zero-order valence-corrected chi connectivity index (χ0v) is 15.0. The second kappa shape index (κ2) is 7.45. The molecule has 0 aliphatic carbocycles. The molecular formula is C19H16FN3O2S. The minimum absolute atomic E-state index is 0.190. The van der Waals surface area contributed by atoms with Gasteiger partial charge in [-0.25, -0.2) is 9.37 Å². The number of aromatic nitrogens is 1. The Hall–Kier alpha value is -3.06. The number of halogens is 1. The van der Waals surface area contributed by atoms with Crippen molar-refractivity contribution in [1.29, 1.82) is 0 Å². The number of carbonyl (C=O) groups is 2. The third-order valence-electron chi connectivity index (χ3n) is 3.73. The third-order valence-corrected chi connectivity index (χ3v) is 4.93. The van der Waals surface area contributed by atoms with Crippen LogP contribution >= 0.6 is 11.3 Å². The zero-order chi connectivity index (χ0) is 18.7. The van der Waals surface area contributed by atoms with Gasteiger partial charge in [0.25, 0.3) is 11.8 Å². The molecule has 2 N–H and O–H groups in total. The maximum absolute atomic E-state index is 13.1. The Balaban J connectivity index is 1.78. The predicted molar refractivity (Wildman–Crippen MR) is 100 cm³/mol. The molecule has 0 saturated heterocycles. The third kappa shape index (κ3) is 3.78. The van der Waals surface area contributed by atoms with E-state index in [2.05, 4.69) is 15.6 Å². The number of nitrogens with zero attached hydrogens (tertiary/aromatic N) is 1. The summed E-state index contributed by atoms with van der Waals surface area (Å²) in [6.07, 6.45) is 0. The monoisotopic (exact) mass is 369 g/mol. The van der Waals surface area contributed by atoms with Crippen molar-refractivity contribution in [1.82, 2.24) is 10.3 Å². The highest BCUT2D eigenvalue weighted by Crippen LogP contribution is 2.28. The molecule has 0 fully saturated rings. The second-order valence-electron chi connectivity index (χ2n) is 5.55. The first kappa shape index (κ1) is 17.8. The van der Waals surface area contributed by atoms with Gasteiger partial charge in [0.1, 0.15) is 15.7 Å². The Morgan fingerprint density at radius 1 is 1.00 bits per heavy atom. The summed E-state index contributed by atoms with van der Waals surface area (Å²) in [6.45, 7) is 1.76. The van der Waals surface area contributed by atoms with Gasteiger partial charge >= 0.3 is 0 Å². The quantitative estimate of drug-likeness (QED) is 0.733. The molecule has 1 heterocycles. The molecule has 3 rings (SSSR count). The van der Waals surface area contributed by atoms with Crippen LogP contribution < -0.4 is 10.6 Å². The predicted octanol–water partition coefficient (Wildman–Crippen LogP) is 3.87. The highest BCUT2D eigenvalue weighted by atomic mass is 32.1. The van der Waals surface area contributed by atoms with Crippen molar-refractivity contribution in [3.05, 3.63) is 70.5 Å². The molecule has 2 aromatic carbocycles. The zero-order valence-electron chi connectivity index (χ0n) is 14.2. The number of rotatable bonds is 4. The number of thiazole rings is 1. The average Bonchev–Trinajstić information content (AvgIpc) is 3.04. The SMILES string of the molecule is CNC(=O)c1ccc(NC(=O)c2sc(-c3ccc(F)cc3)nc2C)cc1. The second-order valence-corrected chi connectivity index (χ2v) is 6.55. The fourth-order valence-electron chi connectivity index (χ4n) is 2.36. The molecule has 26 heavy (non-hydrogen) atoms. The maximum Gasteiger partial charge on any atom is 0.267 e. The molecule has 0 bridgehead atoms. The lowest BCUT2D eigenvalue weighted by atomic mass is 10.2. The van der Waals surface area contributed by atoms with Gasteiger partial charge in [-0.3, -0.25) is 9.59 Å². The Morgan fingerprint density at radius 3 is 2.27 bits per heavy atom. The first-order valence-electron chi connectivity index (χ1n) is 7.85. The highest BCUT2D eigenvalue weighted by molar-refractivity contribution is 7.17. The van der Waals surface area contributed by atoms with Crippen molar-refractivity contribution in [3.63, 3.8) is 0 Å². The van der Waals surface area contributed by atoms with Gasteiger partial charge in [0.05, 0.1) is 5.69 Å². The van der Waals surface area contributed by atoms with E-state index in [4.69, 9.17) is 0 Å². The molecule has 0 saturated carbocycles. The van der Waals surface area contributed by atoms with Crippen LogP contribution in [0.2, 0.25) is 0 Å². The number of hydrogen-bond acceptors (Lipinski definition) is 4. The van der Waals surface area contributed by atoms with Gasteiger partial charge in [-0.05, 0) is 55.5 Å². The standard InChI is InChI=1S/C19H16FN3O2S/c1-11-16(26-19(22-11)13-3-7-14(20)8-4-13)18(25)23-15-9-5-12(6-10-15)17(24)21-2/h3-10H,1-2H3,(H,21,24)(H,23,25). The van der Waals surface area contributed by atoms with Crippen LogP contribution in [0.25, 0.3) is 10.6 Å². The lowest BCUT2D eigenvalue weighted by molar-refractivity contribution is 0.0962. The molecule has 0 aliphatic rings. The summed E-state index contributed by atoms with van der Waals surface area (Å²) in [4.78, 5) is 29.0. The van der Waals surface area contributed by atoms with E-state index < -0.39 is 0 Å². The fraction of sp³-hybridized carbons (Fsp3) is 0.105.